The van der Waals surface area contributed by atoms with Crippen LogP contribution in [0.3, 0.4) is 0 Å². The van der Waals surface area contributed by atoms with Crippen LogP contribution in [0.1, 0.15) is 11.1 Å². The number of hydrogen-bond donors (Lipinski definition) is 1. The van der Waals surface area contributed by atoms with Crippen LogP contribution in [0.25, 0.3) is 0 Å². The van der Waals surface area contributed by atoms with Crippen molar-refractivity contribution < 1.29 is 0 Å². The lowest BCUT2D eigenvalue weighted by Gasteiger charge is -1.91. The normalized spacial score (nSPS) is 13.9. The SMILES string of the molecule is Cc1ccc(C2=NN2)cc1. The van der Waals surface area contributed by atoms with E-state index in [0.717, 1.165) is 5.84 Å². The lowest BCUT2D eigenvalue weighted by atomic mass is 10.1. The van der Waals surface area contributed by atoms with Crippen molar-refractivity contribution in [1.82, 2.24) is 5.43 Å². The highest BCUT2D eigenvalue weighted by atomic mass is 15.5. The van der Waals surface area contributed by atoms with Crippen LogP contribution >= 0.6 is 0 Å². The number of amidine groups is 1. The maximum absolute atomic E-state index is 3.87. The van der Waals surface area contributed by atoms with E-state index in [1.165, 1.54) is 11.1 Å². The first-order chi connectivity index (χ1) is 4.86. The zero-order valence-corrected chi connectivity index (χ0v) is 5.76. The molecule has 2 nitrogen and oxygen atoms in total. The van der Waals surface area contributed by atoms with Crippen molar-refractivity contribution in [1.29, 1.82) is 0 Å². The number of nitrogens with one attached hydrogen (secondary N) is 1. The largest absolute Gasteiger partial charge is 0.257 e. The van der Waals surface area contributed by atoms with Crippen LogP contribution in [0, 0.1) is 6.92 Å². The van der Waals surface area contributed by atoms with E-state index in [9.17, 15) is 0 Å². The molecule has 0 aromatic heterocycles. The molecule has 0 amide bonds. The fraction of sp³-hybridized carbons (Fsp3) is 0.125. The van der Waals surface area contributed by atoms with E-state index in [4.69, 9.17) is 0 Å². The minimum Gasteiger partial charge on any atom is -0.257 e. The van der Waals surface area contributed by atoms with Crippen molar-refractivity contribution >= 4 is 5.84 Å². The third-order valence-electron chi connectivity index (χ3n) is 1.55. The standard InChI is InChI=1S/C8H8N2/c1-6-2-4-7(5-3-6)8-9-10-8/h2-5H,1H3,(H,9,10). The predicted octanol–water partition coefficient (Wildman–Crippen LogP) is 1.26. The van der Waals surface area contributed by atoms with Gasteiger partial charge < -0.3 is 0 Å². The molecule has 0 bridgehead atoms. The first-order valence-electron chi connectivity index (χ1n) is 3.27. The molecule has 50 valence electrons. The second-order valence-corrected chi connectivity index (χ2v) is 2.44. The van der Waals surface area contributed by atoms with Crippen LogP contribution in [0.15, 0.2) is 29.4 Å². The third-order valence-corrected chi connectivity index (χ3v) is 1.55. The number of rotatable bonds is 1. The lowest BCUT2D eigenvalue weighted by molar-refractivity contribution is 1.26. The maximum atomic E-state index is 3.87. The van der Waals surface area contributed by atoms with E-state index in [2.05, 4.69) is 41.7 Å². The van der Waals surface area contributed by atoms with Gasteiger partial charge in [-0.15, -0.1) is 0 Å². The summed E-state index contributed by atoms with van der Waals surface area (Å²) in [6.45, 7) is 2.08. The Morgan fingerprint density at radius 3 is 2.30 bits per heavy atom. The zero-order chi connectivity index (χ0) is 6.97. The number of nitrogens with zero attached hydrogens (tertiary/aromatic N) is 1. The third kappa shape index (κ3) is 0.880. The molecule has 0 saturated carbocycles. The highest BCUT2D eigenvalue weighted by Gasteiger charge is 2.10. The summed E-state index contributed by atoms with van der Waals surface area (Å²) in [5, 5.41) is 3.87. The van der Waals surface area contributed by atoms with E-state index in [1.54, 1.807) is 0 Å². The molecule has 0 aliphatic carbocycles. The van der Waals surface area contributed by atoms with Crippen LogP contribution in [0.5, 0.6) is 0 Å². The van der Waals surface area contributed by atoms with Crippen molar-refractivity contribution in [3.63, 3.8) is 0 Å². The van der Waals surface area contributed by atoms with Crippen LogP contribution in [-0.2, 0) is 0 Å². The average molecular weight is 132 g/mol. The summed E-state index contributed by atoms with van der Waals surface area (Å²) in [6.07, 6.45) is 0. The van der Waals surface area contributed by atoms with Crippen molar-refractivity contribution in [2.24, 2.45) is 5.10 Å². The summed E-state index contributed by atoms with van der Waals surface area (Å²) >= 11 is 0. The molecule has 1 aromatic rings. The molecule has 1 heterocycles. The van der Waals surface area contributed by atoms with Gasteiger partial charge in [-0.05, 0) is 6.92 Å². The molecule has 0 fully saturated rings. The van der Waals surface area contributed by atoms with Crippen LogP contribution in [0.4, 0.5) is 0 Å². The Kier molecular flexibility index (Phi) is 1.01. The number of hydrazone groups is 1. The Bertz CT molecular complexity index is 272. The topological polar surface area (TPSA) is 34.3 Å². The van der Waals surface area contributed by atoms with Crippen molar-refractivity contribution in [3.8, 4) is 0 Å². The van der Waals surface area contributed by atoms with Crippen LogP contribution in [-0.4, -0.2) is 5.84 Å². The highest BCUT2D eigenvalue weighted by molar-refractivity contribution is 6.05. The highest BCUT2D eigenvalue weighted by Crippen LogP contribution is 2.07. The quantitative estimate of drug-likeness (QED) is 0.613. The minimum atomic E-state index is 1.00. The van der Waals surface area contributed by atoms with Crippen molar-refractivity contribution in [2.45, 2.75) is 6.92 Å². The number of benzene rings is 1. The Labute approximate surface area is 59.6 Å². The van der Waals surface area contributed by atoms with E-state index in [0.29, 0.717) is 0 Å². The van der Waals surface area contributed by atoms with E-state index < -0.39 is 0 Å². The second kappa shape index (κ2) is 1.84. The molecule has 1 N–H and O–H groups in total. The Morgan fingerprint density at radius 2 is 1.80 bits per heavy atom. The molecule has 0 radical (unpaired) electrons. The lowest BCUT2D eigenvalue weighted by Crippen LogP contribution is -1.93. The Hall–Kier alpha value is -1.31. The average Bonchev–Trinajstić information content (AvgIpc) is 2.71. The molecule has 0 saturated heterocycles. The Morgan fingerprint density at radius 1 is 1.20 bits per heavy atom. The van der Waals surface area contributed by atoms with Gasteiger partial charge in [0, 0.05) is 5.56 Å². The molecule has 1 aliphatic heterocycles. The molecule has 1 aromatic carbocycles. The van der Waals surface area contributed by atoms with Gasteiger partial charge >= 0.3 is 0 Å². The fourth-order valence-electron chi connectivity index (χ4n) is 0.868. The molecular weight excluding hydrogens is 124 g/mol. The Balaban J connectivity index is 2.37. The first-order valence-corrected chi connectivity index (χ1v) is 3.27. The molecule has 1 aliphatic rings. The minimum absolute atomic E-state index is 1.00. The van der Waals surface area contributed by atoms with Gasteiger partial charge in [-0.25, -0.2) is 0 Å². The summed E-state index contributed by atoms with van der Waals surface area (Å²) in [5.41, 5.74) is 5.27. The second-order valence-electron chi connectivity index (χ2n) is 2.44. The summed E-state index contributed by atoms with van der Waals surface area (Å²) in [5.74, 6) is 1.00. The molecule has 0 atom stereocenters. The maximum Gasteiger partial charge on any atom is 0.173 e. The van der Waals surface area contributed by atoms with E-state index in [1.807, 2.05) is 0 Å². The van der Waals surface area contributed by atoms with Gasteiger partial charge in [0.1, 0.15) is 0 Å². The smallest absolute Gasteiger partial charge is 0.173 e. The van der Waals surface area contributed by atoms with E-state index in [-0.39, 0.29) is 0 Å². The van der Waals surface area contributed by atoms with Crippen LogP contribution < -0.4 is 5.43 Å². The van der Waals surface area contributed by atoms with Crippen molar-refractivity contribution in [2.75, 3.05) is 0 Å². The van der Waals surface area contributed by atoms with Crippen LogP contribution in [0.2, 0.25) is 0 Å². The molecule has 2 heteroatoms. The number of hydrogen-bond acceptors (Lipinski definition) is 2. The summed E-state index contributed by atoms with van der Waals surface area (Å²) in [4.78, 5) is 0. The van der Waals surface area contributed by atoms with Gasteiger partial charge in [0.15, 0.2) is 5.84 Å². The van der Waals surface area contributed by atoms with Gasteiger partial charge in [0.2, 0.25) is 0 Å². The van der Waals surface area contributed by atoms with Gasteiger partial charge in [-0.1, -0.05) is 29.8 Å². The van der Waals surface area contributed by atoms with E-state index >= 15 is 0 Å². The van der Waals surface area contributed by atoms with Gasteiger partial charge in [-0.2, -0.15) is 5.10 Å². The summed E-state index contributed by atoms with van der Waals surface area (Å²) < 4.78 is 0. The van der Waals surface area contributed by atoms with Gasteiger partial charge in [0.05, 0.1) is 0 Å². The zero-order valence-electron chi connectivity index (χ0n) is 5.76. The van der Waals surface area contributed by atoms with Crippen molar-refractivity contribution in [3.05, 3.63) is 35.4 Å². The summed E-state index contributed by atoms with van der Waals surface area (Å²) in [7, 11) is 0. The fourth-order valence-corrected chi connectivity index (χ4v) is 0.868. The molecule has 0 unspecified atom stereocenters. The molecular formula is C8H8N2. The predicted molar refractivity (Wildman–Crippen MR) is 40.9 cm³/mol. The number of aryl methyl sites for hydroxylation is 1. The molecule has 2 rings (SSSR count). The summed E-state index contributed by atoms with van der Waals surface area (Å²) in [6, 6.07) is 8.29. The monoisotopic (exact) mass is 132 g/mol. The van der Waals surface area contributed by atoms with Gasteiger partial charge in [-0.3, -0.25) is 5.43 Å². The van der Waals surface area contributed by atoms with Gasteiger partial charge in [0.25, 0.3) is 0 Å². The molecule has 10 heavy (non-hydrogen) atoms. The first kappa shape index (κ1) is 5.47. The molecule has 0 spiro atoms.